The van der Waals surface area contributed by atoms with E-state index in [0.717, 1.165) is 22.2 Å². The normalized spacial score (nSPS) is 21.6. The van der Waals surface area contributed by atoms with Crippen molar-refractivity contribution in [2.45, 2.75) is 25.9 Å². The lowest BCUT2D eigenvalue weighted by atomic mass is 9.95. The highest BCUT2D eigenvalue weighted by atomic mass is 16.7. The Balaban J connectivity index is 1.96. The molecule has 0 spiro atoms. The van der Waals surface area contributed by atoms with E-state index in [1.165, 1.54) is 6.92 Å². The van der Waals surface area contributed by atoms with Gasteiger partial charge in [0.05, 0.1) is 11.2 Å². The van der Waals surface area contributed by atoms with Crippen LogP contribution in [0.5, 0.6) is 0 Å². The van der Waals surface area contributed by atoms with Crippen LogP contribution in [0.4, 0.5) is 0 Å². The fourth-order valence-corrected chi connectivity index (χ4v) is 2.22. The molecule has 0 saturated heterocycles. The molecule has 2 heterocycles. The van der Waals surface area contributed by atoms with Crippen molar-refractivity contribution >= 4 is 22.6 Å². The molecule has 0 bridgehead atoms. The molecule has 0 fully saturated rings. The molecule has 0 amide bonds. The van der Waals surface area contributed by atoms with Gasteiger partial charge in [-0.1, -0.05) is 17.3 Å². The van der Waals surface area contributed by atoms with E-state index in [9.17, 15) is 4.79 Å². The molecule has 1 aliphatic heterocycles. The molecule has 0 radical (unpaired) electrons. The van der Waals surface area contributed by atoms with E-state index >= 15 is 0 Å². The summed E-state index contributed by atoms with van der Waals surface area (Å²) in [5.41, 5.74) is 2.13. The molecule has 1 N–H and O–H groups in total. The Kier molecular flexibility index (Phi) is 2.71. The van der Waals surface area contributed by atoms with Gasteiger partial charge >= 0.3 is 5.97 Å². The maximum Gasteiger partial charge on any atom is 0.351 e. The minimum absolute atomic E-state index is 0.257. The van der Waals surface area contributed by atoms with Crippen molar-refractivity contribution in [3.8, 4) is 0 Å². The Labute approximate surface area is 115 Å². The minimum Gasteiger partial charge on any atom is -0.478 e. The van der Waals surface area contributed by atoms with Crippen LogP contribution < -0.4 is 0 Å². The number of hydrogen-bond donors (Lipinski definition) is 1. The van der Waals surface area contributed by atoms with Crippen LogP contribution in [0.15, 0.2) is 35.5 Å². The third-order valence-corrected chi connectivity index (χ3v) is 3.48. The van der Waals surface area contributed by atoms with Crippen molar-refractivity contribution < 1.29 is 14.7 Å². The van der Waals surface area contributed by atoms with Crippen LogP contribution in [0.1, 0.15) is 24.6 Å². The molecule has 1 atom stereocenters. The van der Waals surface area contributed by atoms with Gasteiger partial charge in [-0.3, -0.25) is 4.98 Å². The van der Waals surface area contributed by atoms with E-state index in [4.69, 9.17) is 9.94 Å². The average molecular weight is 270 g/mol. The van der Waals surface area contributed by atoms with Crippen LogP contribution in [-0.4, -0.2) is 27.4 Å². The van der Waals surface area contributed by atoms with E-state index < -0.39 is 11.6 Å². The first-order valence-corrected chi connectivity index (χ1v) is 6.34. The van der Waals surface area contributed by atoms with E-state index in [2.05, 4.69) is 10.1 Å². The summed E-state index contributed by atoms with van der Waals surface area (Å²) < 4.78 is 0. The summed E-state index contributed by atoms with van der Waals surface area (Å²) in [6, 6.07) is 9.70. The fraction of sp³-hybridized carbons (Fsp3) is 0.267. The lowest BCUT2D eigenvalue weighted by Crippen LogP contribution is -2.35. The fourth-order valence-electron chi connectivity index (χ4n) is 2.22. The minimum atomic E-state index is -1.27. The van der Waals surface area contributed by atoms with Crippen LogP contribution in [0, 0.1) is 6.92 Å². The number of carbonyl (C=O) groups is 1. The van der Waals surface area contributed by atoms with E-state index in [1.807, 2.05) is 37.3 Å². The average Bonchev–Trinajstić information content (AvgIpc) is 2.82. The quantitative estimate of drug-likeness (QED) is 0.910. The molecule has 1 unspecified atom stereocenters. The first kappa shape index (κ1) is 12.6. The van der Waals surface area contributed by atoms with Gasteiger partial charge in [0.15, 0.2) is 0 Å². The highest BCUT2D eigenvalue weighted by Gasteiger charge is 2.42. The molecule has 0 saturated carbocycles. The summed E-state index contributed by atoms with van der Waals surface area (Å²) in [5.74, 6) is -1.01. The van der Waals surface area contributed by atoms with Crippen LogP contribution >= 0.6 is 0 Å². The number of benzene rings is 1. The third kappa shape index (κ3) is 2.01. The standard InChI is InChI=1S/C15H14N2O3/c1-9-3-4-10-7-11(5-6-12(10)16-9)13-8-15(2,14(18)19)20-17-13/h3-7H,8H2,1-2H3,(H,18,19). The van der Waals surface area contributed by atoms with Gasteiger partial charge in [0.1, 0.15) is 0 Å². The van der Waals surface area contributed by atoms with Crippen molar-refractivity contribution in [1.82, 2.24) is 4.98 Å². The Morgan fingerprint density at radius 1 is 1.35 bits per heavy atom. The summed E-state index contributed by atoms with van der Waals surface area (Å²) in [4.78, 5) is 20.6. The van der Waals surface area contributed by atoms with Gasteiger partial charge < -0.3 is 9.94 Å². The SMILES string of the molecule is Cc1ccc2cc(C3=NOC(C)(C(=O)O)C3)ccc2n1. The summed E-state index contributed by atoms with van der Waals surface area (Å²) in [6.45, 7) is 3.47. The van der Waals surface area contributed by atoms with E-state index in [-0.39, 0.29) is 6.42 Å². The predicted molar refractivity (Wildman–Crippen MR) is 74.8 cm³/mol. The molecule has 1 aromatic heterocycles. The largest absolute Gasteiger partial charge is 0.478 e. The number of fused-ring (bicyclic) bond motifs is 1. The number of nitrogens with zero attached hydrogens (tertiary/aromatic N) is 2. The Morgan fingerprint density at radius 3 is 2.85 bits per heavy atom. The molecular weight excluding hydrogens is 256 g/mol. The zero-order valence-electron chi connectivity index (χ0n) is 11.3. The smallest absolute Gasteiger partial charge is 0.351 e. The topological polar surface area (TPSA) is 71.8 Å². The number of pyridine rings is 1. The van der Waals surface area contributed by atoms with E-state index in [0.29, 0.717) is 5.71 Å². The number of oxime groups is 1. The van der Waals surface area contributed by atoms with Gasteiger partial charge in [-0.15, -0.1) is 0 Å². The van der Waals surface area contributed by atoms with E-state index in [1.54, 1.807) is 0 Å². The van der Waals surface area contributed by atoms with Crippen molar-refractivity contribution in [3.05, 3.63) is 41.6 Å². The van der Waals surface area contributed by atoms with Crippen molar-refractivity contribution in [2.75, 3.05) is 0 Å². The molecule has 1 aromatic carbocycles. The monoisotopic (exact) mass is 270 g/mol. The molecule has 5 heteroatoms. The van der Waals surface area contributed by atoms with Crippen molar-refractivity contribution in [1.29, 1.82) is 0 Å². The molecule has 102 valence electrons. The van der Waals surface area contributed by atoms with Crippen LogP contribution in [0.2, 0.25) is 0 Å². The van der Waals surface area contributed by atoms with Gasteiger partial charge in [-0.25, -0.2) is 4.79 Å². The van der Waals surface area contributed by atoms with Crippen LogP contribution in [0.25, 0.3) is 10.9 Å². The Bertz CT molecular complexity index is 739. The number of rotatable bonds is 2. The number of aromatic nitrogens is 1. The second-order valence-corrected chi connectivity index (χ2v) is 5.20. The summed E-state index contributed by atoms with van der Waals surface area (Å²) >= 11 is 0. The lowest BCUT2D eigenvalue weighted by molar-refractivity contribution is -0.160. The predicted octanol–water partition coefficient (Wildman–Crippen LogP) is 2.51. The second kappa shape index (κ2) is 4.30. The first-order valence-electron chi connectivity index (χ1n) is 6.34. The van der Waals surface area contributed by atoms with Crippen LogP contribution in [0.3, 0.4) is 0 Å². The maximum atomic E-state index is 11.1. The summed E-state index contributed by atoms with van der Waals surface area (Å²) in [6.07, 6.45) is 0.257. The number of aryl methyl sites for hydroxylation is 1. The first-order chi connectivity index (χ1) is 9.48. The third-order valence-electron chi connectivity index (χ3n) is 3.48. The van der Waals surface area contributed by atoms with Crippen molar-refractivity contribution in [3.63, 3.8) is 0 Å². The highest BCUT2D eigenvalue weighted by molar-refractivity contribution is 6.06. The van der Waals surface area contributed by atoms with Crippen molar-refractivity contribution in [2.24, 2.45) is 5.16 Å². The molecule has 2 aromatic rings. The van der Waals surface area contributed by atoms with Gasteiger partial charge in [-0.05, 0) is 32.0 Å². The molecule has 5 nitrogen and oxygen atoms in total. The molecular formula is C15H14N2O3. The molecule has 20 heavy (non-hydrogen) atoms. The number of carboxylic acid groups (broad SMARTS) is 1. The molecule has 1 aliphatic rings. The second-order valence-electron chi connectivity index (χ2n) is 5.20. The molecule has 0 aliphatic carbocycles. The number of aliphatic carboxylic acids is 1. The zero-order chi connectivity index (χ0) is 14.3. The van der Waals surface area contributed by atoms with Crippen LogP contribution in [-0.2, 0) is 9.63 Å². The van der Waals surface area contributed by atoms with Gasteiger partial charge in [0, 0.05) is 23.1 Å². The lowest BCUT2D eigenvalue weighted by Gasteiger charge is -2.14. The number of carboxylic acids is 1. The van der Waals surface area contributed by atoms with Gasteiger partial charge in [-0.2, -0.15) is 0 Å². The number of hydrogen-bond acceptors (Lipinski definition) is 4. The zero-order valence-corrected chi connectivity index (χ0v) is 11.3. The Morgan fingerprint density at radius 2 is 2.15 bits per heavy atom. The summed E-state index contributed by atoms with van der Waals surface area (Å²) in [7, 11) is 0. The van der Waals surface area contributed by atoms with Gasteiger partial charge in [0.25, 0.3) is 0 Å². The Hall–Kier alpha value is -2.43. The molecule has 3 rings (SSSR count). The highest BCUT2D eigenvalue weighted by Crippen LogP contribution is 2.27. The summed E-state index contributed by atoms with van der Waals surface area (Å²) in [5, 5.41) is 14.1. The van der Waals surface area contributed by atoms with Gasteiger partial charge in [0.2, 0.25) is 5.60 Å². The maximum absolute atomic E-state index is 11.1.